The first kappa shape index (κ1) is 54.9. The molecule has 0 aliphatic rings. The molecule has 7 aromatic carbocycles. The maximum Gasteiger partial charge on any atom is 0.119 e. The van der Waals surface area contributed by atoms with Gasteiger partial charge in [-0.2, -0.15) is 0 Å². The standard InChI is InChI=1S/C75H69N3O3/c1-4-7-10-13-49-79-67-40-34-61(35-41-67)73-70(58-28-22-55(23-29-58)64-19-16-46-76-52-64)74(62-36-42-68(43-37-62)80-50-14-11-8-5-2)72(60-32-26-57(27-33-60)66-21-18-48-78-54-66)75(63-38-44-69(45-39-63)81-51-15-12-9-6-3)71(73)59-30-24-56(25-31-59)65-20-17-47-77-53-65/h4-6,16-48,52-54H,1-3,7-15,49-51H2. The van der Waals surface area contributed by atoms with E-state index in [1.165, 1.54) is 0 Å². The summed E-state index contributed by atoms with van der Waals surface area (Å²) in [6.07, 6.45) is 26.0. The van der Waals surface area contributed by atoms with Gasteiger partial charge in [-0.25, -0.2) is 0 Å². The highest BCUT2D eigenvalue weighted by molar-refractivity contribution is 6.15. The van der Waals surface area contributed by atoms with E-state index in [1.807, 2.05) is 73.6 Å². The van der Waals surface area contributed by atoms with Crippen molar-refractivity contribution in [2.24, 2.45) is 0 Å². The van der Waals surface area contributed by atoms with E-state index in [-0.39, 0.29) is 0 Å². The molecule has 6 nitrogen and oxygen atoms in total. The summed E-state index contributed by atoms with van der Waals surface area (Å²) in [6.45, 7) is 13.6. The van der Waals surface area contributed by atoms with Crippen molar-refractivity contribution >= 4 is 0 Å². The highest BCUT2D eigenvalue weighted by atomic mass is 16.5. The molecule has 0 saturated carbocycles. The lowest BCUT2D eigenvalue weighted by atomic mass is 9.74. The average Bonchev–Trinajstić information content (AvgIpc) is 3.09. The molecule has 0 saturated heterocycles. The Hall–Kier alpha value is -9.39. The molecule has 3 heterocycles. The summed E-state index contributed by atoms with van der Waals surface area (Å²) in [7, 11) is 0. The smallest absolute Gasteiger partial charge is 0.119 e. The fraction of sp³-hybridized carbons (Fsp3) is 0.160. The van der Waals surface area contributed by atoms with Crippen molar-refractivity contribution in [3.05, 3.63) is 257 Å². The Morgan fingerprint density at radius 1 is 0.259 bits per heavy atom. The van der Waals surface area contributed by atoms with Gasteiger partial charge in [0.05, 0.1) is 19.8 Å². The molecular weight excluding hydrogens is 991 g/mol. The van der Waals surface area contributed by atoms with Crippen LogP contribution in [0.15, 0.2) is 257 Å². The second-order valence-electron chi connectivity index (χ2n) is 20.2. The van der Waals surface area contributed by atoms with Crippen molar-refractivity contribution in [2.45, 2.75) is 57.8 Å². The Morgan fingerprint density at radius 2 is 0.481 bits per heavy atom. The van der Waals surface area contributed by atoms with E-state index in [9.17, 15) is 0 Å². The fourth-order valence-corrected chi connectivity index (χ4v) is 10.5. The molecule has 0 spiro atoms. The van der Waals surface area contributed by atoms with Crippen LogP contribution < -0.4 is 14.2 Å². The van der Waals surface area contributed by atoms with Crippen LogP contribution >= 0.6 is 0 Å². The Bertz CT molecular complexity index is 3190. The highest BCUT2D eigenvalue weighted by Crippen LogP contribution is 2.56. The van der Waals surface area contributed by atoms with Crippen molar-refractivity contribution in [1.29, 1.82) is 0 Å². The van der Waals surface area contributed by atoms with Gasteiger partial charge in [0.1, 0.15) is 17.2 Å². The van der Waals surface area contributed by atoms with Gasteiger partial charge in [0.15, 0.2) is 0 Å². The lowest BCUT2D eigenvalue weighted by Gasteiger charge is -2.29. The third kappa shape index (κ3) is 13.7. The summed E-state index contributed by atoms with van der Waals surface area (Å²) in [5, 5.41) is 0. The molecule has 6 heteroatoms. The first-order valence-corrected chi connectivity index (χ1v) is 28.4. The van der Waals surface area contributed by atoms with Crippen LogP contribution in [-0.4, -0.2) is 34.8 Å². The summed E-state index contributed by atoms with van der Waals surface area (Å²) in [6, 6.07) is 65.4. The van der Waals surface area contributed by atoms with E-state index in [4.69, 9.17) is 14.2 Å². The highest BCUT2D eigenvalue weighted by Gasteiger charge is 2.30. The van der Waals surface area contributed by atoms with E-state index in [2.05, 4.69) is 198 Å². The monoisotopic (exact) mass is 1060 g/mol. The van der Waals surface area contributed by atoms with Gasteiger partial charge in [0, 0.05) is 37.2 Å². The summed E-state index contributed by atoms with van der Waals surface area (Å²) in [4.78, 5) is 13.5. The second kappa shape index (κ2) is 28.0. The predicted octanol–water partition coefficient (Wildman–Crippen LogP) is 20.1. The molecule has 0 N–H and O–H groups in total. The molecule has 402 valence electrons. The van der Waals surface area contributed by atoms with Gasteiger partial charge >= 0.3 is 0 Å². The third-order valence-electron chi connectivity index (χ3n) is 14.6. The number of hydrogen-bond acceptors (Lipinski definition) is 6. The van der Waals surface area contributed by atoms with E-state index in [0.29, 0.717) is 19.8 Å². The molecule has 0 aliphatic carbocycles. The van der Waals surface area contributed by atoms with Gasteiger partial charge in [-0.3, -0.25) is 15.0 Å². The van der Waals surface area contributed by atoms with Crippen molar-refractivity contribution in [3.63, 3.8) is 0 Å². The Morgan fingerprint density at radius 3 is 0.691 bits per heavy atom. The van der Waals surface area contributed by atoms with Crippen molar-refractivity contribution in [2.75, 3.05) is 19.8 Å². The van der Waals surface area contributed by atoms with Crippen molar-refractivity contribution in [3.8, 4) is 117 Å². The van der Waals surface area contributed by atoms with Crippen molar-refractivity contribution < 1.29 is 14.2 Å². The Balaban J connectivity index is 1.30. The zero-order chi connectivity index (χ0) is 55.4. The topological polar surface area (TPSA) is 66.4 Å². The normalized spacial score (nSPS) is 11.0. The molecule has 0 radical (unpaired) electrons. The lowest BCUT2D eigenvalue weighted by Crippen LogP contribution is -2.03. The summed E-state index contributed by atoms with van der Waals surface area (Å²) in [5.74, 6) is 2.48. The Labute approximate surface area is 478 Å². The molecule has 3 aromatic heterocycles. The van der Waals surface area contributed by atoms with Gasteiger partial charge in [-0.15, -0.1) is 19.7 Å². The number of allylic oxidation sites excluding steroid dienone is 3. The predicted molar refractivity (Wildman–Crippen MR) is 337 cm³/mol. The van der Waals surface area contributed by atoms with Crippen LogP contribution in [0.4, 0.5) is 0 Å². The van der Waals surface area contributed by atoms with Gasteiger partial charge in [-0.05, 0) is 213 Å². The first-order chi connectivity index (χ1) is 40.1. The second-order valence-corrected chi connectivity index (χ2v) is 20.2. The fourth-order valence-electron chi connectivity index (χ4n) is 10.5. The molecule has 0 bridgehead atoms. The molecule has 10 aromatic rings. The molecule has 0 unspecified atom stereocenters. The minimum absolute atomic E-state index is 0.627. The third-order valence-corrected chi connectivity index (χ3v) is 14.6. The number of hydrogen-bond donors (Lipinski definition) is 0. The van der Waals surface area contributed by atoms with Crippen LogP contribution in [0.3, 0.4) is 0 Å². The van der Waals surface area contributed by atoms with Crippen LogP contribution in [0.1, 0.15) is 57.8 Å². The number of rotatable bonds is 27. The number of aromatic nitrogens is 3. The molecule has 0 fully saturated rings. The van der Waals surface area contributed by atoms with E-state index in [0.717, 1.165) is 175 Å². The first-order valence-electron chi connectivity index (χ1n) is 28.4. The summed E-state index contributed by atoms with van der Waals surface area (Å²) < 4.78 is 19.3. The summed E-state index contributed by atoms with van der Waals surface area (Å²) in [5.41, 5.74) is 19.2. The summed E-state index contributed by atoms with van der Waals surface area (Å²) >= 11 is 0. The number of ether oxygens (including phenoxy) is 3. The van der Waals surface area contributed by atoms with Gasteiger partial charge in [-0.1, -0.05) is 146 Å². The van der Waals surface area contributed by atoms with Crippen LogP contribution in [0.5, 0.6) is 17.2 Å². The molecular formula is C75H69N3O3. The molecule has 10 rings (SSSR count). The molecule has 81 heavy (non-hydrogen) atoms. The number of nitrogens with zero attached hydrogens (tertiary/aromatic N) is 3. The van der Waals surface area contributed by atoms with Crippen LogP contribution in [-0.2, 0) is 0 Å². The average molecular weight is 1060 g/mol. The van der Waals surface area contributed by atoms with Crippen molar-refractivity contribution in [1.82, 2.24) is 15.0 Å². The molecule has 0 amide bonds. The van der Waals surface area contributed by atoms with Gasteiger partial charge in [0.2, 0.25) is 0 Å². The number of unbranched alkanes of at least 4 members (excludes halogenated alkanes) is 6. The molecule has 0 atom stereocenters. The molecule has 0 aliphatic heterocycles. The largest absolute Gasteiger partial charge is 0.494 e. The lowest BCUT2D eigenvalue weighted by molar-refractivity contribution is 0.307. The van der Waals surface area contributed by atoms with Gasteiger partial charge < -0.3 is 14.2 Å². The minimum atomic E-state index is 0.627. The van der Waals surface area contributed by atoms with E-state index >= 15 is 0 Å². The maximum absolute atomic E-state index is 6.42. The maximum atomic E-state index is 6.42. The van der Waals surface area contributed by atoms with Crippen LogP contribution in [0.25, 0.3) is 100 Å². The van der Waals surface area contributed by atoms with Crippen LogP contribution in [0.2, 0.25) is 0 Å². The Kier molecular flexibility index (Phi) is 19.0. The number of benzene rings is 7. The number of pyridine rings is 3. The van der Waals surface area contributed by atoms with Gasteiger partial charge in [0.25, 0.3) is 0 Å². The van der Waals surface area contributed by atoms with Crippen LogP contribution in [0, 0.1) is 0 Å². The van der Waals surface area contributed by atoms with E-state index < -0.39 is 0 Å². The zero-order valence-electron chi connectivity index (χ0n) is 46.2. The zero-order valence-corrected chi connectivity index (χ0v) is 46.2. The minimum Gasteiger partial charge on any atom is -0.494 e. The SMILES string of the molecule is C=CCCCCOc1ccc(-c2c(-c3ccc(-c4cccnc4)cc3)c(-c3ccc(OCCCCC=C)cc3)c(-c3ccc(-c4cccnc4)cc3)c(-c3ccc(OCCCCC=C)cc3)c2-c2ccc(-c3cccnc3)cc2)cc1. The quantitative estimate of drug-likeness (QED) is 0.0378. The van der Waals surface area contributed by atoms with E-state index in [1.54, 1.807) is 0 Å².